The normalized spacial score (nSPS) is 15.6. The minimum Gasteiger partial charge on any atom is -0.478 e. The summed E-state index contributed by atoms with van der Waals surface area (Å²) >= 11 is 0. The van der Waals surface area contributed by atoms with E-state index in [1.165, 1.54) is 0 Å². The van der Waals surface area contributed by atoms with Crippen molar-refractivity contribution in [2.75, 3.05) is 10.6 Å². The molecular formula is C19H16N4O3. The van der Waals surface area contributed by atoms with Crippen molar-refractivity contribution in [2.24, 2.45) is 0 Å². The first-order valence-electron chi connectivity index (χ1n) is 8.13. The summed E-state index contributed by atoms with van der Waals surface area (Å²) in [5.41, 5.74) is 2.43. The minimum absolute atomic E-state index is 0.233. The minimum atomic E-state index is -0.649. The van der Waals surface area contributed by atoms with Gasteiger partial charge in [0.25, 0.3) is 11.8 Å². The number of aromatic nitrogens is 2. The number of para-hydroxylation sites is 1. The van der Waals surface area contributed by atoms with Crippen molar-refractivity contribution < 1.29 is 14.3 Å². The molecule has 0 saturated heterocycles. The number of hydrogen-bond donors (Lipinski definition) is 3. The maximum absolute atomic E-state index is 12.7. The van der Waals surface area contributed by atoms with E-state index in [1.807, 2.05) is 12.1 Å². The van der Waals surface area contributed by atoms with E-state index < -0.39 is 6.10 Å². The number of H-pyrrole nitrogens is 1. The summed E-state index contributed by atoms with van der Waals surface area (Å²) in [6, 6.07) is 12.4. The van der Waals surface area contributed by atoms with E-state index in [2.05, 4.69) is 20.6 Å². The fourth-order valence-corrected chi connectivity index (χ4v) is 2.74. The van der Waals surface area contributed by atoms with E-state index >= 15 is 0 Å². The molecule has 0 spiro atoms. The number of carbonyl (C=O) groups excluding carboxylic acids is 2. The zero-order valence-corrected chi connectivity index (χ0v) is 13.9. The molecule has 0 bridgehead atoms. The second kappa shape index (κ2) is 6.36. The van der Waals surface area contributed by atoms with E-state index in [0.717, 1.165) is 11.4 Å². The van der Waals surface area contributed by atoms with Gasteiger partial charge in [0.15, 0.2) is 11.9 Å². The topological polar surface area (TPSA) is 96.1 Å². The number of nitrogens with zero attached hydrogens (tertiary/aromatic N) is 1. The van der Waals surface area contributed by atoms with Gasteiger partial charge in [-0.25, -0.2) is 4.98 Å². The molecule has 7 nitrogen and oxygen atoms in total. The van der Waals surface area contributed by atoms with Gasteiger partial charge in [-0.1, -0.05) is 6.07 Å². The van der Waals surface area contributed by atoms with Crippen LogP contribution in [-0.4, -0.2) is 27.9 Å². The fraction of sp³-hybridized carbons (Fsp3) is 0.105. The van der Waals surface area contributed by atoms with Gasteiger partial charge in [0.1, 0.15) is 5.82 Å². The van der Waals surface area contributed by atoms with E-state index in [1.54, 1.807) is 49.6 Å². The van der Waals surface area contributed by atoms with Gasteiger partial charge in [-0.3, -0.25) is 9.59 Å². The smallest absolute Gasteiger partial charge is 0.265 e. The Bertz CT molecular complexity index is 965. The van der Waals surface area contributed by atoms with Crippen molar-refractivity contribution in [3.05, 3.63) is 60.4 Å². The molecule has 0 fully saturated rings. The first kappa shape index (κ1) is 15.9. The zero-order valence-electron chi connectivity index (χ0n) is 13.9. The van der Waals surface area contributed by atoms with Gasteiger partial charge in [-0.15, -0.1) is 0 Å². The van der Waals surface area contributed by atoms with Crippen LogP contribution in [-0.2, 0) is 4.79 Å². The van der Waals surface area contributed by atoms with Crippen molar-refractivity contribution in [3.8, 4) is 17.1 Å². The molecule has 0 aliphatic carbocycles. The molecule has 2 aromatic carbocycles. The van der Waals surface area contributed by atoms with Gasteiger partial charge in [0, 0.05) is 23.6 Å². The number of nitrogens with one attached hydrogen (secondary N) is 3. The number of hydrogen-bond acceptors (Lipinski definition) is 4. The molecule has 0 radical (unpaired) electrons. The third kappa shape index (κ3) is 2.90. The number of imidazole rings is 1. The van der Waals surface area contributed by atoms with Crippen molar-refractivity contribution in [3.63, 3.8) is 0 Å². The lowest BCUT2D eigenvalue weighted by atomic mass is 10.1. The monoisotopic (exact) mass is 348 g/mol. The van der Waals surface area contributed by atoms with Crippen LogP contribution in [0.25, 0.3) is 11.4 Å². The van der Waals surface area contributed by atoms with Crippen LogP contribution in [0.5, 0.6) is 5.75 Å². The van der Waals surface area contributed by atoms with Gasteiger partial charge in [-0.05, 0) is 43.3 Å². The number of anilines is 2. The lowest BCUT2D eigenvalue weighted by Crippen LogP contribution is -2.35. The zero-order chi connectivity index (χ0) is 18.1. The summed E-state index contributed by atoms with van der Waals surface area (Å²) in [5, 5.41) is 5.58. The average Bonchev–Trinajstić information content (AvgIpc) is 3.17. The Balaban J connectivity index is 1.56. The average molecular weight is 348 g/mol. The molecule has 130 valence electrons. The molecule has 1 aliphatic heterocycles. The number of carbonyl (C=O) groups is 2. The Morgan fingerprint density at radius 3 is 2.73 bits per heavy atom. The lowest BCUT2D eigenvalue weighted by molar-refractivity contribution is -0.122. The Labute approximate surface area is 149 Å². The number of amides is 2. The Morgan fingerprint density at radius 2 is 2.00 bits per heavy atom. The predicted octanol–water partition coefficient (Wildman–Crippen LogP) is 3.05. The van der Waals surface area contributed by atoms with Crippen LogP contribution >= 0.6 is 0 Å². The van der Waals surface area contributed by atoms with Gasteiger partial charge in [-0.2, -0.15) is 0 Å². The number of rotatable bonds is 3. The van der Waals surface area contributed by atoms with Crippen molar-refractivity contribution in [1.82, 2.24) is 9.97 Å². The van der Waals surface area contributed by atoms with Crippen molar-refractivity contribution in [1.29, 1.82) is 0 Å². The highest BCUT2D eigenvalue weighted by Gasteiger charge is 2.27. The third-order valence-corrected chi connectivity index (χ3v) is 4.10. The summed E-state index contributed by atoms with van der Waals surface area (Å²) in [7, 11) is 0. The third-order valence-electron chi connectivity index (χ3n) is 4.10. The first-order valence-corrected chi connectivity index (χ1v) is 8.13. The largest absolute Gasteiger partial charge is 0.478 e. The van der Waals surface area contributed by atoms with E-state index in [0.29, 0.717) is 22.7 Å². The van der Waals surface area contributed by atoms with Crippen LogP contribution in [0.4, 0.5) is 11.4 Å². The molecule has 0 saturated carbocycles. The van der Waals surface area contributed by atoms with E-state index in [4.69, 9.17) is 4.74 Å². The molecule has 26 heavy (non-hydrogen) atoms. The summed E-state index contributed by atoms with van der Waals surface area (Å²) in [4.78, 5) is 31.6. The first-order chi connectivity index (χ1) is 12.6. The molecule has 0 unspecified atom stereocenters. The molecule has 2 heterocycles. The van der Waals surface area contributed by atoms with Gasteiger partial charge >= 0.3 is 0 Å². The SMILES string of the molecule is C[C@H]1Oc2c(cccc2C(=O)Nc2ccc(-c3ncc[nH]3)cc2)NC1=O. The summed E-state index contributed by atoms with van der Waals surface area (Å²) in [6.07, 6.45) is 2.79. The van der Waals surface area contributed by atoms with Crippen LogP contribution in [0.15, 0.2) is 54.9 Å². The Kier molecular flexibility index (Phi) is 3.89. The van der Waals surface area contributed by atoms with Gasteiger partial charge in [0.05, 0.1) is 11.3 Å². The molecule has 3 aromatic rings. The van der Waals surface area contributed by atoms with E-state index in [9.17, 15) is 9.59 Å². The maximum atomic E-state index is 12.7. The second-order valence-electron chi connectivity index (χ2n) is 5.90. The summed E-state index contributed by atoms with van der Waals surface area (Å²) < 4.78 is 5.62. The molecule has 3 N–H and O–H groups in total. The maximum Gasteiger partial charge on any atom is 0.265 e. The second-order valence-corrected chi connectivity index (χ2v) is 5.90. The number of fused-ring (bicyclic) bond motifs is 1. The number of benzene rings is 2. The quantitative estimate of drug-likeness (QED) is 0.678. The van der Waals surface area contributed by atoms with E-state index in [-0.39, 0.29) is 11.8 Å². The Morgan fingerprint density at radius 1 is 1.19 bits per heavy atom. The van der Waals surface area contributed by atoms with Gasteiger partial charge in [0.2, 0.25) is 0 Å². The van der Waals surface area contributed by atoms with Crippen LogP contribution < -0.4 is 15.4 Å². The molecule has 1 aliphatic rings. The number of aromatic amines is 1. The molecule has 1 aromatic heterocycles. The fourth-order valence-electron chi connectivity index (χ4n) is 2.74. The highest BCUT2D eigenvalue weighted by Crippen LogP contribution is 2.33. The lowest BCUT2D eigenvalue weighted by Gasteiger charge is -2.25. The van der Waals surface area contributed by atoms with Crippen molar-refractivity contribution in [2.45, 2.75) is 13.0 Å². The molecule has 7 heteroatoms. The molecule has 1 atom stereocenters. The number of ether oxygens (including phenoxy) is 1. The summed E-state index contributed by atoms with van der Waals surface area (Å²) in [5.74, 6) is 0.599. The highest BCUT2D eigenvalue weighted by atomic mass is 16.5. The van der Waals surface area contributed by atoms with Crippen LogP contribution in [0.3, 0.4) is 0 Å². The molecular weight excluding hydrogens is 332 g/mol. The standard InChI is InChI=1S/C19H16N4O3/c1-11-18(24)23-15-4-2-3-14(16(15)26-11)19(25)22-13-7-5-12(6-8-13)17-20-9-10-21-17/h2-11H,1H3,(H,20,21)(H,22,25)(H,23,24)/t11-/m1/s1. The Hall–Kier alpha value is -3.61. The van der Waals surface area contributed by atoms with Crippen molar-refractivity contribution >= 4 is 23.2 Å². The molecule has 4 rings (SSSR count). The predicted molar refractivity (Wildman–Crippen MR) is 97.1 cm³/mol. The molecule has 2 amide bonds. The summed E-state index contributed by atoms with van der Waals surface area (Å²) in [6.45, 7) is 1.64. The van der Waals surface area contributed by atoms with Crippen LogP contribution in [0, 0.1) is 0 Å². The highest BCUT2D eigenvalue weighted by molar-refractivity contribution is 6.09. The van der Waals surface area contributed by atoms with Crippen LogP contribution in [0.2, 0.25) is 0 Å². The van der Waals surface area contributed by atoms with Gasteiger partial charge < -0.3 is 20.4 Å². The van der Waals surface area contributed by atoms with Crippen LogP contribution in [0.1, 0.15) is 17.3 Å².